The number of aromatic amines is 1. The average Bonchev–Trinajstić information content (AvgIpc) is 2.41. The molecule has 0 saturated carbocycles. The molecule has 0 aliphatic rings. The van der Waals surface area contributed by atoms with Crippen LogP contribution in [-0.4, -0.2) is 17.4 Å². The smallest absolute Gasteiger partial charge is 0.305 e. The third kappa shape index (κ3) is 2.29. The van der Waals surface area contributed by atoms with Crippen LogP contribution in [0.3, 0.4) is 0 Å². The van der Waals surface area contributed by atoms with Crippen LogP contribution in [0.2, 0.25) is 0 Å². The molecule has 5 heteroatoms. The van der Waals surface area contributed by atoms with Crippen molar-refractivity contribution in [3.05, 3.63) is 32.9 Å². The van der Waals surface area contributed by atoms with Crippen molar-refractivity contribution < 1.29 is 4.79 Å². The second-order valence-electron chi connectivity index (χ2n) is 2.47. The summed E-state index contributed by atoms with van der Waals surface area (Å²) in [5, 5.41) is 2.60. The summed E-state index contributed by atoms with van der Waals surface area (Å²) in [5.74, 6) is -0.235. The number of aromatic nitrogens is 1. The van der Waals surface area contributed by atoms with E-state index in [4.69, 9.17) is 0 Å². The molecule has 0 saturated heterocycles. The van der Waals surface area contributed by atoms with Crippen molar-refractivity contribution in [2.45, 2.75) is 6.92 Å². The quantitative estimate of drug-likeness (QED) is 0.701. The number of hydrogen-bond donors (Lipinski definition) is 2. The van der Waals surface area contributed by atoms with Gasteiger partial charge in [-0.3, -0.25) is 9.59 Å². The maximum atomic E-state index is 11.3. The molecule has 13 heavy (non-hydrogen) atoms. The Bertz CT molecular complexity index is 378. The highest BCUT2D eigenvalue weighted by Gasteiger charge is 2.11. The molecule has 1 rings (SSSR count). The molecule has 0 fully saturated rings. The first-order valence-corrected chi connectivity index (χ1v) is 4.55. The number of H-pyrrole nitrogens is 1. The Kier molecular flexibility index (Phi) is 3.02. The van der Waals surface area contributed by atoms with Crippen molar-refractivity contribution in [2.75, 3.05) is 6.54 Å². The first-order valence-electron chi connectivity index (χ1n) is 3.74. The number of carbonyl (C=O) groups excluding carboxylic acids is 1. The van der Waals surface area contributed by atoms with Gasteiger partial charge in [-0.1, -0.05) is 17.4 Å². The standard InChI is InChI=1S/C8H10N2O2S/c1-3-4-9-7(11)6-5(2)10-8(12)13-6/h3H,1,4H2,2H3,(H,9,11)(H,10,12). The summed E-state index contributed by atoms with van der Waals surface area (Å²) >= 11 is 0.915. The average molecular weight is 198 g/mol. The number of hydrogen-bond acceptors (Lipinski definition) is 3. The predicted molar refractivity (Wildman–Crippen MR) is 52.2 cm³/mol. The number of rotatable bonds is 3. The van der Waals surface area contributed by atoms with Crippen molar-refractivity contribution in [1.82, 2.24) is 10.3 Å². The van der Waals surface area contributed by atoms with E-state index in [1.54, 1.807) is 13.0 Å². The van der Waals surface area contributed by atoms with Crippen LogP contribution in [0.4, 0.5) is 0 Å². The van der Waals surface area contributed by atoms with Gasteiger partial charge in [-0.05, 0) is 6.92 Å². The van der Waals surface area contributed by atoms with E-state index in [2.05, 4.69) is 16.9 Å². The molecule has 1 aromatic rings. The lowest BCUT2D eigenvalue weighted by molar-refractivity contribution is 0.0961. The highest BCUT2D eigenvalue weighted by molar-refractivity contribution is 7.11. The van der Waals surface area contributed by atoms with Gasteiger partial charge >= 0.3 is 4.87 Å². The molecule has 0 spiro atoms. The molecule has 0 unspecified atom stereocenters. The highest BCUT2D eigenvalue weighted by Crippen LogP contribution is 2.06. The lowest BCUT2D eigenvalue weighted by Crippen LogP contribution is -2.22. The van der Waals surface area contributed by atoms with Crippen LogP contribution < -0.4 is 10.2 Å². The van der Waals surface area contributed by atoms with Gasteiger partial charge in [0.05, 0.1) is 0 Å². The molecule has 0 aromatic carbocycles. The topological polar surface area (TPSA) is 62.0 Å². The minimum absolute atomic E-state index is 0.207. The van der Waals surface area contributed by atoms with E-state index in [1.807, 2.05) is 0 Å². The first kappa shape index (κ1) is 9.73. The van der Waals surface area contributed by atoms with Gasteiger partial charge in [0.25, 0.3) is 5.91 Å². The number of carbonyl (C=O) groups is 1. The van der Waals surface area contributed by atoms with Gasteiger partial charge in [0.1, 0.15) is 4.88 Å². The van der Waals surface area contributed by atoms with Crippen molar-refractivity contribution in [3.63, 3.8) is 0 Å². The summed E-state index contributed by atoms with van der Waals surface area (Å²) in [6, 6.07) is 0. The number of aryl methyl sites for hydroxylation is 1. The Morgan fingerprint density at radius 2 is 2.46 bits per heavy atom. The molecule has 0 aliphatic heterocycles. The van der Waals surface area contributed by atoms with E-state index in [1.165, 1.54) is 0 Å². The zero-order valence-corrected chi connectivity index (χ0v) is 8.03. The summed E-state index contributed by atoms with van der Waals surface area (Å²) in [6.07, 6.45) is 1.59. The third-order valence-electron chi connectivity index (χ3n) is 1.44. The second-order valence-corrected chi connectivity index (χ2v) is 3.45. The second kappa shape index (κ2) is 4.04. The normalized spacial score (nSPS) is 9.62. The van der Waals surface area contributed by atoms with Gasteiger partial charge in [0.15, 0.2) is 0 Å². The van der Waals surface area contributed by atoms with E-state index < -0.39 is 0 Å². The van der Waals surface area contributed by atoms with Crippen LogP contribution in [0.5, 0.6) is 0 Å². The third-order valence-corrected chi connectivity index (χ3v) is 2.42. The molecule has 0 radical (unpaired) electrons. The Balaban J connectivity index is 2.82. The van der Waals surface area contributed by atoms with Gasteiger partial charge < -0.3 is 10.3 Å². The van der Waals surface area contributed by atoms with Crippen LogP contribution in [0.1, 0.15) is 15.4 Å². The van der Waals surface area contributed by atoms with E-state index in [9.17, 15) is 9.59 Å². The van der Waals surface area contributed by atoms with E-state index >= 15 is 0 Å². The van der Waals surface area contributed by atoms with Crippen molar-refractivity contribution in [2.24, 2.45) is 0 Å². The fourth-order valence-electron chi connectivity index (χ4n) is 0.866. The summed E-state index contributed by atoms with van der Waals surface area (Å²) < 4.78 is 0. The summed E-state index contributed by atoms with van der Waals surface area (Å²) in [7, 11) is 0. The number of amides is 1. The molecule has 0 atom stereocenters. The SMILES string of the molecule is C=CCNC(=O)c1sc(=O)[nH]c1C. The Morgan fingerprint density at radius 3 is 2.92 bits per heavy atom. The van der Waals surface area contributed by atoms with Crippen LogP contribution >= 0.6 is 11.3 Å². The maximum absolute atomic E-state index is 11.3. The maximum Gasteiger partial charge on any atom is 0.305 e. The van der Waals surface area contributed by atoms with Crippen molar-refractivity contribution in [1.29, 1.82) is 0 Å². The fraction of sp³-hybridized carbons (Fsp3) is 0.250. The van der Waals surface area contributed by atoms with Gasteiger partial charge in [0, 0.05) is 12.2 Å². The van der Waals surface area contributed by atoms with Crippen LogP contribution in [0.25, 0.3) is 0 Å². The molecule has 0 aliphatic carbocycles. The van der Waals surface area contributed by atoms with Crippen molar-refractivity contribution in [3.8, 4) is 0 Å². The van der Waals surface area contributed by atoms with Gasteiger partial charge in [-0.15, -0.1) is 6.58 Å². The monoisotopic (exact) mass is 198 g/mol. The lowest BCUT2D eigenvalue weighted by Gasteiger charge is -1.98. The first-order chi connectivity index (χ1) is 6.15. The zero-order valence-electron chi connectivity index (χ0n) is 7.22. The van der Waals surface area contributed by atoms with E-state index in [-0.39, 0.29) is 10.8 Å². The molecule has 2 N–H and O–H groups in total. The van der Waals surface area contributed by atoms with Gasteiger partial charge in [-0.2, -0.15) is 0 Å². The largest absolute Gasteiger partial charge is 0.348 e. The van der Waals surface area contributed by atoms with Crippen LogP contribution in [0.15, 0.2) is 17.4 Å². The van der Waals surface area contributed by atoms with Crippen LogP contribution in [0, 0.1) is 6.92 Å². The van der Waals surface area contributed by atoms with Crippen LogP contribution in [-0.2, 0) is 0 Å². The molecular formula is C8H10N2O2S. The molecule has 1 heterocycles. The molecule has 70 valence electrons. The molecule has 1 amide bonds. The van der Waals surface area contributed by atoms with Crippen molar-refractivity contribution >= 4 is 17.2 Å². The zero-order chi connectivity index (χ0) is 9.84. The molecule has 1 aromatic heterocycles. The Morgan fingerprint density at radius 1 is 1.77 bits per heavy atom. The molecule has 4 nitrogen and oxygen atoms in total. The summed E-state index contributed by atoms with van der Waals surface area (Å²) in [6.45, 7) is 5.58. The number of nitrogens with one attached hydrogen (secondary N) is 2. The van der Waals surface area contributed by atoms with E-state index in [0.29, 0.717) is 17.1 Å². The number of thiazole rings is 1. The fourth-order valence-corrected chi connectivity index (χ4v) is 1.62. The minimum atomic E-state index is -0.235. The Hall–Kier alpha value is -1.36. The van der Waals surface area contributed by atoms with E-state index in [0.717, 1.165) is 11.3 Å². The van der Waals surface area contributed by atoms with Gasteiger partial charge in [-0.25, -0.2) is 0 Å². The Labute approximate surface area is 79.3 Å². The summed E-state index contributed by atoms with van der Waals surface area (Å²) in [5.41, 5.74) is 0.608. The minimum Gasteiger partial charge on any atom is -0.348 e. The van der Waals surface area contributed by atoms with Gasteiger partial charge in [0.2, 0.25) is 0 Å². The lowest BCUT2D eigenvalue weighted by atomic mass is 10.4. The molecular weight excluding hydrogens is 188 g/mol. The molecule has 0 bridgehead atoms. The summed E-state index contributed by atoms with van der Waals surface area (Å²) in [4.78, 5) is 25.0. The highest BCUT2D eigenvalue weighted by atomic mass is 32.1. The predicted octanol–water partition coefficient (Wildman–Crippen LogP) is 0.661.